The normalized spacial score (nSPS) is 10.9. The van der Waals surface area contributed by atoms with Crippen LogP contribution in [0, 0.1) is 5.82 Å². The molecule has 0 atom stereocenters. The predicted octanol–water partition coefficient (Wildman–Crippen LogP) is 4.49. The molecule has 7 nitrogen and oxygen atoms in total. The number of carbonyl (C=O) groups is 2. The fraction of sp³-hybridized carbons (Fsp3) is 0.0476. The second kappa shape index (κ2) is 9.15. The Bertz CT molecular complexity index is 1250. The number of hydrogen-bond donors (Lipinski definition) is 3. The van der Waals surface area contributed by atoms with Crippen molar-refractivity contribution in [2.24, 2.45) is 0 Å². The zero-order chi connectivity index (χ0) is 22.6. The Morgan fingerprint density at radius 1 is 0.903 bits per heavy atom. The molecule has 31 heavy (non-hydrogen) atoms. The smallest absolute Gasteiger partial charge is 0.261 e. The average molecular weight is 462 g/mol. The highest BCUT2D eigenvalue weighted by Gasteiger charge is 2.18. The number of halogens is 2. The van der Waals surface area contributed by atoms with Crippen LogP contribution in [0.25, 0.3) is 0 Å². The molecule has 0 aromatic heterocycles. The van der Waals surface area contributed by atoms with Gasteiger partial charge >= 0.3 is 0 Å². The highest BCUT2D eigenvalue weighted by Crippen LogP contribution is 2.23. The molecular formula is C21H17ClFN3O4S. The predicted molar refractivity (Wildman–Crippen MR) is 117 cm³/mol. The summed E-state index contributed by atoms with van der Waals surface area (Å²) in [4.78, 5) is 23.0. The topological polar surface area (TPSA) is 104 Å². The molecule has 0 aliphatic heterocycles. The van der Waals surface area contributed by atoms with Crippen LogP contribution >= 0.6 is 11.6 Å². The molecule has 0 spiro atoms. The number of sulfonamides is 1. The van der Waals surface area contributed by atoms with E-state index in [4.69, 9.17) is 11.6 Å². The van der Waals surface area contributed by atoms with E-state index in [1.54, 1.807) is 12.1 Å². The van der Waals surface area contributed by atoms with E-state index in [9.17, 15) is 22.4 Å². The maximum absolute atomic E-state index is 14.5. The third-order valence-corrected chi connectivity index (χ3v) is 5.66. The van der Waals surface area contributed by atoms with Gasteiger partial charge in [0.15, 0.2) is 0 Å². The van der Waals surface area contributed by atoms with E-state index in [-0.39, 0.29) is 27.7 Å². The van der Waals surface area contributed by atoms with Gasteiger partial charge < -0.3 is 10.6 Å². The Morgan fingerprint density at radius 2 is 1.58 bits per heavy atom. The molecule has 0 saturated heterocycles. The van der Waals surface area contributed by atoms with Gasteiger partial charge in [0.2, 0.25) is 5.91 Å². The molecule has 2 amide bonds. The van der Waals surface area contributed by atoms with Crippen LogP contribution in [-0.4, -0.2) is 20.2 Å². The van der Waals surface area contributed by atoms with Gasteiger partial charge in [-0.1, -0.05) is 17.7 Å². The minimum atomic E-state index is -4.08. The second-order valence-corrected chi connectivity index (χ2v) is 8.59. The van der Waals surface area contributed by atoms with Gasteiger partial charge in [-0.05, 0) is 60.7 Å². The summed E-state index contributed by atoms with van der Waals surface area (Å²) in [5.41, 5.74) is 0.783. The van der Waals surface area contributed by atoms with Crippen molar-refractivity contribution in [3.05, 3.63) is 83.1 Å². The fourth-order valence-corrected chi connectivity index (χ4v) is 3.89. The molecule has 10 heteroatoms. The molecule has 3 aromatic rings. The standard InChI is InChI=1S/C21H17ClFN3O4S/c1-13(27)24-16-5-7-17(8-6-16)26-31(29,30)18-9-10-20(19(23)12-18)25-21(28)14-3-2-4-15(22)11-14/h2-12,26H,1H3,(H,24,27)(H,25,28). The first kappa shape index (κ1) is 22.3. The molecule has 0 aliphatic rings. The van der Waals surface area contributed by atoms with Crippen molar-refractivity contribution in [2.45, 2.75) is 11.8 Å². The first-order chi connectivity index (χ1) is 14.6. The molecule has 0 bridgehead atoms. The number of nitrogens with one attached hydrogen (secondary N) is 3. The van der Waals surface area contributed by atoms with E-state index in [1.807, 2.05) is 0 Å². The molecular weight excluding hydrogens is 445 g/mol. The van der Waals surface area contributed by atoms with Gasteiger partial charge in [-0.25, -0.2) is 12.8 Å². The Hall–Kier alpha value is -3.43. The van der Waals surface area contributed by atoms with Crippen LogP contribution in [0.1, 0.15) is 17.3 Å². The second-order valence-electron chi connectivity index (χ2n) is 6.47. The lowest BCUT2D eigenvalue weighted by Gasteiger charge is -2.11. The molecule has 0 fully saturated rings. The van der Waals surface area contributed by atoms with Crippen molar-refractivity contribution < 1.29 is 22.4 Å². The molecule has 3 aromatic carbocycles. The van der Waals surface area contributed by atoms with Crippen LogP contribution in [-0.2, 0) is 14.8 Å². The summed E-state index contributed by atoms with van der Waals surface area (Å²) in [6, 6.07) is 15.2. The molecule has 160 valence electrons. The Kier molecular flexibility index (Phi) is 6.57. The largest absolute Gasteiger partial charge is 0.326 e. The Morgan fingerprint density at radius 3 is 2.19 bits per heavy atom. The number of carbonyl (C=O) groups excluding carboxylic acids is 2. The van der Waals surface area contributed by atoms with E-state index in [2.05, 4.69) is 15.4 Å². The average Bonchev–Trinajstić information content (AvgIpc) is 2.70. The van der Waals surface area contributed by atoms with E-state index >= 15 is 0 Å². The summed E-state index contributed by atoms with van der Waals surface area (Å²) in [6.07, 6.45) is 0. The fourth-order valence-electron chi connectivity index (χ4n) is 2.63. The van der Waals surface area contributed by atoms with Crippen molar-refractivity contribution in [1.29, 1.82) is 0 Å². The molecule has 3 rings (SSSR count). The Balaban J connectivity index is 1.74. The summed E-state index contributed by atoms with van der Waals surface area (Å²) >= 11 is 5.85. The molecule has 0 heterocycles. The van der Waals surface area contributed by atoms with Crippen molar-refractivity contribution in [2.75, 3.05) is 15.4 Å². The van der Waals surface area contributed by atoms with E-state index in [0.717, 1.165) is 12.1 Å². The SMILES string of the molecule is CC(=O)Nc1ccc(NS(=O)(=O)c2ccc(NC(=O)c3cccc(Cl)c3)c(F)c2)cc1. The molecule has 0 saturated carbocycles. The van der Waals surface area contributed by atoms with E-state index < -0.39 is 21.7 Å². The summed E-state index contributed by atoms with van der Waals surface area (Å²) < 4.78 is 41.9. The van der Waals surface area contributed by atoms with Gasteiger partial charge in [-0.15, -0.1) is 0 Å². The van der Waals surface area contributed by atoms with Crippen LogP contribution in [0.3, 0.4) is 0 Å². The van der Waals surface area contributed by atoms with Crippen molar-refractivity contribution >= 4 is 50.5 Å². The van der Waals surface area contributed by atoms with Crippen LogP contribution < -0.4 is 15.4 Å². The number of anilines is 3. The molecule has 0 radical (unpaired) electrons. The Labute approximate surface area is 183 Å². The molecule has 0 aliphatic carbocycles. The zero-order valence-corrected chi connectivity index (χ0v) is 17.7. The minimum Gasteiger partial charge on any atom is -0.326 e. The quantitative estimate of drug-likeness (QED) is 0.503. The van der Waals surface area contributed by atoms with Crippen LogP contribution in [0.2, 0.25) is 5.02 Å². The lowest BCUT2D eigenvalue weighted by atomic mass is 10.2. The molecule has 0 unspecified atom stereocenters. The van der Waals surface area contributed by atoms with E-state index in [1.165, 1.54) is 49.4 Å². The maximum Gasteiger partial charge on any atom is 0.261 e. The van der Waals surface area contributed by atoms with Crippen molar-refractivity contribution in [3.8, 4) is 0 Å². The first-order valence-electron chi connectivity index (χ1n) is 8.91. The van der Waals surface area contributed by atoms with Crippen LogP contribution in [0.4, 0.5) is 21.5 Å². The zero-order valence-electron chi connectivity index (χ0n) is 16.1. The van der Waals surface area contributed by atoms with Crippen molar-refractivity contribution in [3.63, 3.8) is 0 Å². The lowest BCUT2D eigenvalue weighted by Crippen LogP contribution is -2.15. The third kappa shape index (κ3) is 5.80. The van der Waals surface area contributed by atoms with Crippen LogP contribution in [0.5, 0.6) is 0 Å². The van der Waals surface area contributed by atoms with Crippen molar-refractivity contribution in [1.82, 2.24) is 0 Å². The number of benzene rings is 3. The van der Waals surface area contributed by atoms with Gasteiger partial charge in [-0.2, -0.15) is 0 Å². The van der Waals surface area contributed by atoms with Gasteiger partial charge in [-0.3, -0.25) is 14.3 Å². The van der Waals surface area contributed by atoms with Gasteiger partial charge in [0.1, 0.15) is 5.82 Å². The lowest BCUT2D eigenvalue weighted by molar-refractivity contribution is -0.114. The number of amides is 2. The number of rotatable bonds is 6. The summed E-state index contributed by atoms with van der Waals surface area (Å²) in [6.45, 7) is 1.35. The summed E-state index contributed by atoms with van der Waals surface area (Å²) in [7, 11) is -4.08. The minimum absolute atomic E-state index is 0.177. The molecule has 3 N–H and O–H groups in total. The van der Waals surface area contributed by atoms with Gasteiger partial charge in [0, 0.05) is 28.9 Å². The third-order valence-electron chi connectivity index (χ3n) is 4.04. The number of hydrogen-bond acceptors (Lipinski definition) is 4. The van der Waals surface area contributed by atoms with E-state index in [0.29, 0.717) is 10.7 Å². The van der Waals surface area contributed by atoms with Crippen LogP contribution in [0.15, 0.2) is 71.6 Å². The summed E-state index contributed by atoms with van der Waals surface area (Å²) in [5, 5.41) is 5.30. The highest BCUT2D eigenvalue weighted by atomic mass is 35.5. The van der Waals surface area contributed by atoms with Gasteiger partial charge in [0.05, 0.1) is 10.6 Å². The maximum atomic E-state index is 14.5. The van der Waals surface area contributed by atoms with Gasteiger partial charge in [0.25, 0.3) is 15.9 Å². The summed E-state index contributed by atoms with van der Waals surface area (Å²) in [5.74, 6) is -1.76. The first-order valence-corrected chi connectivity index (χ1v) is 10.8. The highest BCUT2D eigenvalue weighted by molar-refractivity contribution is 7.92. The monoisotopic (exact) mass is 461 g/mol.